The average molecular weight is 431 g/mol. The van der Waals surface area contributed by atoms with E-state index in [9.17, 15) is 10.2 Å². The molecule has 0 aliphatic heterocycles. The van der Waals surface area contributed by atoms with Crippen molar-refractivity contribution in [2.75, 3.05) is 0 Å². The van der Waals surface area contributed by atoms with Gasteiger partial charge in [0.1, 0.15) is 0 Å². The lowest BCUT2D eigenvalue weighted by Crippen LogP contribution is -2.54. The van der Waals surface area contributed by atoms with Crippen LogP contribution in [-0.4, -0.2) is 22.4 Å². The van der Waals surface area contributed by atoms with Crippen LogP contribution in [0.5, 0.6) is 0 Å². The normalized spacial score (nSPS) is 46.7. The third kappa shape index (κ3) is 3.96. The number of aliphatic hydroxyl groups is 2. The third-order valence-electron chi connectivity index (χ3n) is 11.3. The van der Waals surface area contributed by atoms with Crippen LogP contribution in [0.2, 0.25) is 0 Å². The molecule has 0 aromatic rings. The van der Waals surface area contributed by atoms with E-state index in [0.717, 1.165) is 42.9 Å². The third-order valence-corrected chi connectivity index (χ3v) is 11.3. The Labute approximate surface area is 192 Å². The molecular weight excluding hydrogens is 380 g/mol. The molecule has 0 aromatic heterocycles. The highest BCUT2D eigenvalue weighted by Gasteiger charge is 2.61. The van der Waals surface area contributed by atoms with Gasteiger partial charge in [-0.05, 0) is 104 Å². The van der Waals surface area contributed by atoms with Crippen molar-refractivity contribution in [1.29, 1.82) is 0 Å². The topological polar surface area (TPSA) is 40.5 Å². The van der Waals surface area contributed by atoms with Crippen LogP contribution in [0, 0.1) is 52.3 Å². The minimum absolute atomic E-state index is 0.202. The predicted molar refractivity (Wildman–Crippen MR) is 130 cm³/mol. The van der Waals surface area contributed by atoms with Gasteiger partial charge in [-0.15, -0.1) is 0 Å². The molecule has 1 unspecified atom stereocenters. The van der Waals surface area contributed by atoms with Crippen molar-refractivity contribution in [3.05, 3.63) is 11.6 Å². The molecule has 2 N–H and O–H groups in total. The highest BCUT2D eigenvalue weighted by Crippen LogP contribution is 2.67. The summed E-state index contributed by atoms with van der Waals surface area (Å²) in [6.07, 6.45) is 13.9. The van der Waals surface area contributed by atoms with E-state index in [-0.39, 0.29) is 17.6 Å². The fraction of sp³-hybridized carbons (Fsp3) is 0.931. The van der Waals surface area contributed by atoms with E-state index in [1.54, 1.807) is 0 Å². The summed E-state index contributed by atoms with van der Waals surface area (Å²) >= 11 is 0. The Kier molecular flexibility index (Phi) is 6.75. The van der Waals surface area contributed by atoms with Gasteiger partial charge in [-0.2, -0.15) is 0 Å². The van der Waals surface area contributed by atoms with E-state index < -0.39 is 0 Å². The first-order valence-electron chi connectivity index (χ1n) is 13.7. The molecular formula is C29H50O2. The molecule has 0 saturated heterocycles. The summed E-state index contributed by atoms with van der Waals surface area (Å²) < 4.78 is 0. The summed E-state index contributed by atoms with van der Waals surface area (Å²) in [4.78, 5) is 0. The van der Waals surface area contributed by atoms with Crippen molar-refractivity contribution >= 4 is 0 Å². The van der Waals surface area contributed by atoms with Crippen molar-refractivity contribution in [2.24, 2.45) is 52.3 Å². The maximum Gasteiger partial charge on any atom is 0.0757 e. The molecule has 4 aliphatic carbocycles. The highest BCUT2D eigenvalue weighted by molar-refractivity contribution is 5.27. The molecule has 0 bridgehead atoms. The Morgan fingerprint density at radius 3 is 2.39 bits per heavy atom. The fourth-order valence-electron chi connectivity index (χ4n) is 9.29. The molecule has 0 radical (unpaired) electrons. The van der Waals surface area contributed by atoms with Crippen LogP contribution < -0.4 is 0 Å². The van der Waals surface area contributed by atoms with Gasteiger partial charge in [0.05, 0.1) is 12.2 Å². The SMILES string of the molecule is CC[C@H](CC[C@@H](C)[C@H]1CC[C@H]2C3[C@H](O)C=C4C[C@@H](O)CC[C@]4(C)[C@H]3CC[C@]12C)C(C)C. The summed E-state index contributed by atoms with van der Waals surface area (Å²) in [6, 6.07) is 0. The largest absolute Gasteiger partial charge is 0.393 e. The standard InChI is InChI=1S/C29H50O2/c1-7-20(18(2)3)9-8-19(4)23-10-11-24-27-25(13-15-29(23,24)6)28(5)14-12-22(30)16-21(28)17-26(27)31/h17-20,22-27,30-31H,7-16H2,1-6H3/t19-,20-,22+,23-,24+,25+,26-,27?,28+,29-/m1/s1. The molecule has 0 amide bonds. The Bertz CT molecular complexity index is 668. The van der Waals surface area contributed by atoms with E-state index >= 15 is 0 Å². The minimum atomic E-state index is -0.303. The summed E-state index contributed by atoms with van der Waals surface area (Å²) in [5.74, 6) is 4.99. The Hall–Kier alpha value is -0.340. The van der Waals surface area contributed by atoms with Gasteiger partial charge in [0.2, 0.25) is 0 Å². The van der Waals surface area contributed by atoms with Crippen LogP contribution in [0.3, 0.4) is 0 Å². The van der Waals surface area contributed by atoms with Crippen LogP contribution in [-0.2, 0) is 0 Å². The zero-order chi connectivity index (χ0) is 22.6. The molecule has 4 aliphatic rings. The van der Waals surface area contributed by atoms with E-state index in [1.165, 1.54) is 50.5 Å². The highest BCUT2D eigenvalue weighted by atomic mass is 16.3. The molecule has 178 valence electrons. The van der Waals surface area contributed by atoms with Crippen molar-refractivity contribution in [1.82, 2.24) is 0 Å². The van der Waals surface area contributed by atoms with Crippen LogP contribution in [0.25, 0.3) is 0 Å². The van der Waals surface area contributed by atoms with Gasteiger partial charge >= 0.3 is 0 Å². The lowest BCUT2D eigenvalue weighted by molar-refractivity contribution is -0.0972. The smallest absolute Gasteiger partial charge is 0.0757 e. The molecule has 10 atom stereocenters. The molecule has 4 rings (SSSR count). The fourth-order valence-corrected chi connectivity index (χ4v) is 9.29. The lowest BCUT2D eigenvalue weighted by Gasteiger charge is -2.59. The predicted octanol–water partition coefficient (Wildman–Crippen LogP) is 7.00. The van der Waals surface area contributed by atoms with Crippen LogP contribution in [0.1, 0.15) is 106 Å². The molecule has 3 saturated carbocycles. The first kappa shape index (κ1) is 23.8. The van der Waals surface area contributed by atoms with Gasteiger partial charge in [-0.25, -0.2) is 0 Å². The molecule has 31 heavy (non-hydrogen) atoms. The monoisotopic (exact) mass is 430 g/mol. The molecule has 0 spiro atoms. The number of aliphatic hydroxyl groups excluding tert-OH is 2. The van der Waals surface area contributed by atoms with Gasteiger partial charge in [-0.1, -0.05) is 66.0 Å². The first-order chi connectivity index (χ1) is 14.6. The van der Waals surface area contributed by atoms with Crippen LogP contribution in [0.4, 0.5) is 0 Å². The average Bonchev–Trinajstić information content (AvgIpc) is 3.06. The lowest BCUT2D eigenvalue weighted by atomic mass is 9.46. The quantitative estimate of drug-likeness (QED) is 0.446. The van der Waals surface area contributed by atoms with Crippen LogP contribution in [0.15, 0.2) is 11.6 Å². The summed E-state index contributed by atoms with van der Waals surface area (Å²) in [6.45, 7) is 14.7. The van der Waals surface area contributed by atoms with Gasteiger partial charge in [0.25, 0.3) is 0 Å². The van der Waals surface area contributed by atoms with Crippen molar-refractivity contribution < 1.29 is 10.2 Å². The van der Waals surface area contributed by atoms with Gasteiger partial charge < -0.3 is 10.2 Å². The van der Waals surface area contributed by atoms with Gasteiger partial charge in [0.15, 0.2) is 0 Å². The molecule has 2 heteroatoms. The second-order valence-electron chi connectivity index (χ2n) is 13.0. The Morgan fingerprint density at radius 1 is 0.968 bits per heavy atom. The Morgan fingerprint density at radius 2 is 1.71 bits per heavy atom. The summed E-state index contributed by atoms with van der Waals surface area (Å²) in [5.41, 5.74) is 1.97. The van der Waals surface area contributed by atoms with E-state index in [2.05, 4.69) is 47.6 Å². The van der Waals surface area contributed by atoms with Gasteiger partial charge in [-0.3, -0.25) is 0 Å². The van der Waals surface area contributed by atoms with E-state index in [0.29, 0.717) is 23.2 Å². The first-order valence-corrected chi connectivity index (χ1v) is 13.7. The number of fused-ring (bicyclic) bond motifs is 5. The number of rotatable bonds is 6. The number of hydrogen-bond acceptors (Lipinski definition) is 2. The van der Waals surface area contributed by atoms with Crippen LogP contribution >= 0.6 is 0 Å². The molecule has 0 heterocycles. The number of hydrogen-bond donors (Lipinski definition) is 2. The zero-order valence-electron chi connectivity index (χ0n) is 21.2. The second kappa shape index (κ2) is 8.79. The van der Waals surface area contributed by atoms with Crippen molar-refractivity contribution in [3.8, 4) is 0 Å². The molecule has 3 fully saturated rings. The minimum Gasteiger partial charge on any atom is -0.393 e. The summed E-state index contributed by atoms with van der Waals surface area (Å²) in [7, 11) is 0. The maximum absolute atomic E-state index is 11.3. The van der Waals surface area contributed by atoms with Crippen molar-refractivity contribution in [3.63, 3.8) is 0 Å². The van der Waals surface area contributed by atoms with Gasteiger partial charge in [0, 0.05) is 0 Å². The van der Waals surface area contributed by atoms with Crippen molar-refractivity contribution in [2.45, 2.75) is 118 Å². The maximum atomic E-state index is 11.3. The zero-order valence-corrected chi connectivity index (χ0v) is 21.2. The van der Waals surface area contributed by atoms with E-state index in [4.69, 9.17) is 0 Å². The van der Waals surface area contributed by atoms with E-state index in [1.807, 2.05) is 0 Å². The summed E-state index contributed by atoms with van der Waals surface area (Å²) in [5, 5.41) is 21.6. The molecule has 2 nitrogen and oxygen atoms in total. The Balaban J connectivity index is 1.52. The second-order valence-corrected chi connectivity index (χ2v) is 13.0. The molecule has 0 aromatic carbocycles.